The molecule has 0 saturated carbocycles. The van der Waals surface area contributed by atoms with Gasteiger partial charge in [0.2, 0.25) is 0 Å². The van der Waals surface area contributed by atoms with Gasteiger partial charge in [-0.3, -0.25) is 4.79 Å². The van der Waals surface area contributed by atoms with E-state index in [9.17, 15) is 4.79 Å². The van der Waals surface area contributed by atoms with Gasteiger partial charge in [0.15, 0.2) is 11.6 Å². The Morgan fingerprint density at radius 3 is 2.72 bits per heavy atom. The van der Waals surface area contributed by atoms with E-state index in [0.29, 0.717) is 43.3 Å². The molecule has 98 valence electrons. The van der Waals surface area contributed by atoms with Gasteiger partial charge in [0, 0.05) is 20.1 Å². The minimum atomic E-state index is -0.721. The summed E-state index contributed by atoms with van der Waals surface area (Å²) in [5.74, 6) is 0.299. The van der Waals surface area contributed by atoms with E-state index in [1.807, 2.05) is 4.90 Å². The molecule has 7 heteroatoms. The Balaban J connectivity index is 2.12. The van der Waals surface area contributed by atoms with Crippen LogP contribution >= 0.6 is 0 Å². The molecule has 0 atom stereocenters. The van der Waals surface area contributed by atoms with E-state index < -0.39 is 5.97 Å². The summed E-state index contributed by atoms with van der Waals surface area (Å²) in [6.45, 7) is 1.31. The predicted molar refractivity (Wildman–Crippen MR) is 68.6 cm³/mol. The first kappa shape index (κ1) is 12.4. The molecule has 0 bridgehead atoms. The lowest BCUT2D eigenvalue weighted by Crippen LogP contribution is -2.37. The van der Waals surface area contributed by atoms with Crippen molar-refractivity contribution in [2.24, 2.45) is 5.92 Å². The zero-order chi connectivity index (χ0) is 13.1. The Morgan fingerprint density at radius 2 is 2.17 bits per heavy atom. The SMILES string of the molecule is CNc1ncnc(N2CCC(C(=O)O)CC2)c1N. The minimum Gasteiger partial charge on any atom is -0.481 e. The number of aliphatic carboxylic acids is 1. The zero-order valence-corrected chi connectivity index (χ0v) is 10.3. The molecular weight excluding hydrogens is 234 g/mol. The first-order valence-corrected chi connectivity index (χ1v) is 5.89. The second kappa shape index (κ2) is 5.07. The number of nitrogens with two attached hydrogens (primary N) is 1. The van der Waals surface area contributed by atoms with Gasteiger partial charge in [-0.1, -0.05) is 0 Å². The van der Waals surface area contributed by atoms with Crippen LogP contribution in [0.5, 0.6) is 0 Å². The number of rotatable bonds is 3. The zero-order valence-electron chi connectivity index (χ0n) is 10.3. The third-order valence-corrected chi connectivity index (χ3v) is 3.24. The molecule has 0 unspecified atom stereocenters. The van der Waals surface area contributed by atoms with Gasteiger partial charge in [-0.2, -0.15) is 0 Å². The molecule has 1 fully saturated rings. The van der Waals surface area contributed by atoms with Crippen molar-refractivity contribution in [3.05, 3.63) is 6.33 Å². The van der Waals surface area contributed by atoms with Gasteiger partial charge in [0.25, 0.3) is 0 Å². The summed E-state index contributed by atoms with van der Waals surface area (Å²) in [6, 6.07) is 0. The Morgan fingerprint density at radius 1 is 1.50 bits per heavy atom. The van der Waals surface area contributed by atoms with Crippen LogP contribution in [0.25, 0.3) is 0 Å². The summed E-state index contributed by atoms with van der Waals surface area (Å²) >= 11 is 0. The molecule has 0 radical (unpaired) electrons. The topological polar surface area (TPSA) is 104 Å². The molecule has 0 aromatic carbocycles. The van der Waals surface area contributed by atoms with Gasteiger partial charge in [-0.15, -0.1) is 0 Å². The van der Waals surface area contributed by atoms with Crippen LogP contribution in [-0.4, -0.2) is 41.2 Å². The molecule has 0 spiro atoms. The first-order chi connectivity index (χ1) is 8.63. The molecule has 2 heterocycles. The predicted octanol–water partition coefficient (Wildman–Crippen LogP) is 0.402. The van der Waals surface area contributed by atoms with Crippen LogP contribution in [0.15, 0.2) is 6.33 Å². The summed E-state index contributed by atoms with van der Waals surface area (Å²) in [4.78, 5) is 21.1. The fraction of sp³-hybridized carbons (Fsp3) is 0.545. The number of carboxylic acid groups (broad SMARTS) is 1. The van der Waals surface area contributed by atoms with Crippen molar-refractivity contribution in [1.82, 2.24) is 9.97 Å². The number of aromatic nitrogens is 2. The lowest BCUT2D eigenvalue weighted by atomic mass is 9.97. The maximum Gasteiger partial charge on any atom is 0.306 e. The van der Waals surface area contributed by atoms with Gasteiger partial charge in [0.1, 0.15) is 12.0 Å². The largest absolute Gasteiger partial charge is 0.481 e. The van der Waals surface area contributed by atoms with Crippen molar-refractivity contribution < 1.29 is 9.90 Å². The summed E-state index contributed by atoms with van der Waals surface area (Å²) in [6.07, 6.45) is 2.70. The van der Waals surface area contributed by atoms with Crippen LogP contribution in [0.3, 0.4) is 0 Å². The average molecular weight is 251 g/mol. The quantitative estimate of drug-likeness (QED) is 0.714. The van der Waals surface area contributed by atoms with Gasteiger partial charge >= 0.3 is 5.97 Å². The maximum atomic E-state index is 10.9. The third kappa shape index (κ3) is 2.29. The molecular formula is C11H17N5O2. The van der Waals surface area contributed by atoms with E-state index in [0.717, 1.165) is 0 Å². The lowest BCUT2D eigenvalue weighted by Gasteiger charge is -2.31. The standard InChI is InChI=1S/C11H17N5O2/c1-13-9-8(12)10(15-6-14-9)16-4-2-7(3-5-16)11(17)18/h6-7H,2-5,12H2,1H3,(H,17,18)(H,13,14,15). The molecule has 1 aliphatic rings. The number of carboxylic acids is 1. The second-order valence-electron chi connectivity index (χ2n) is 4.31. The molecule has 18 heavy (non-hydrogen) atoms. The molecule has 0 amide bonds. The Bertz CT molecular complexity index is 443. The number of piperidine rings is 1. The number of hydrogen-bond donors (Lipinski definition) is 3. The molecule has 2 rings (SSSR count). The van der Waals surface area contributed by atoms with E-state index in [-0.39, 0.29) is 5.92 Å². The molecule has 1 aliphatic heterocycles. The van der Waals surface area contributed by atoms with Crippen molar-refractivity contribution in [1.29, 1.82) is 0 Å². The molecule has 4 N–H and O–H groups in total. The minimum absolute atomic E-state index is 0.256. The highest BCUT2D eigenvalue weighted by Crippen LogP contribution is 2.29. The highest BCUT2D eigenvalue weighted by atomic mass is 16.4. The number of nitrogen functional groups attached to an aromatic ring is 1. The molecule has 1 aromatic heterocycles. The number of nitrogens with zero attached hydrogens (tertiary/aromatic N) is 3. The van der Waals surface area contributed by atoms with E-state index >= 15 is 0 Å². The third-order valence-electron chi connectivity index (χ3n) is 3.24. The van der Waals surface area contributed by atoms with Crippen molar-refractivity contribution in [2.75, 3.05) is 36.1 Å². The van der Waals surface area contributed by atoms with Crippen molar-refractivity contribution in [3.8, 4) is 0 Å². The van der Waals surface area contributed by atoms with Gasteiger partial charge in [-0.25, -0.2) is 9.97 Å². The number of carbonyl (C=O) groups is 1. The van der Waals surface area contributed by atoms with E-state index in [4.69, 9.17) is 10.8 Å². The monoisotopic (exact) mass is 251 g/mol. The molecule has 7 nitrogen and oxygen atoms in total. The summed E-state index contributed by atoms with van der Waals surface area (Å²) < 4.78 is 0. The van der Waals surface area contributed by atoms with Crippen molar-refractivity contribution >= 4 is 23.3 Å². The average Bonchev–Trinajstić information content (AvgIpc) is 2.39. The maximum absolute atomic E-state index is 10.9. The molecule has 1 saturated heterocycles. The Labute approximate surface area is 105 Å². The molecule has 0 aliphatic carbocycles. The van der Waals surface area contributed by atoms with Crippen LogP contribution < -0.4 is 16.0 Å². The fourth-order valence-corrected chi connectivity index (χ4v) is 2.18. The van der Waals surface area contributed by atoms with Gasteiger partial charge in [-0.05, 0) is 12.8 Å². The highest BCUT2D eigenvalue weighted by Gasteiger charge is 2.26. The van der Waals surface area contributed by atoms with Crippen LogP contribution in [-0.2, 0) is 4.79 Å². The van der Waals surface area contributed by atoms with E-state index in [1.165, 1.54) is 6.33 Å². The van der Waals surface area contributed by atoms with Crippen molar-refractivity contribution in [2.45, 2.75) is 12.8 Å². The summed E-state index contributed by atoms with van der Waals surface area (Å²) in [5.41, 5.74) is 6.48. The number of anilines is 3. The smallest absolute Gasteiger partial charge is 0.306 e. The van der Waals surface area contributed by atoms with Crippen LogP contribution in [0.1, 0.15) is 12.8 Å². The second-order valence-corrected chi connectivity index (χ2v) is 4.31. The number of nitrogens with one attached hydrogen (secondary N) is 1. The van der Waals surface area contributed by atoms with E-state index in [2.05, 4.69) is 15.3 Å². The van der Waals surface area contributed by atoms with Crippen molar-refractivity contribution in [3.63, 3.8) is 0 Å². The lowest BCUT2D eigenvalue weighted by molar-refractivity contribution is -0.142. The Kier molecular flexibility index (Phi) is 3.50. The summed E-state index contributed by atoms with van der Waals surface area (Å²) in [5, 5.41) is 11.9. The normalized spacial score (nSPS) is 16.6. The van der Waals surface area contributed by atoms with Gasteiger partial charge < -0.3 is 21.1 Å². The van der Waals surface area contributed by atoms with Crippen LogP contribution in [0.4, 0.5) is 17.3 Å². The number of hydrogen-bond acceptors (Lipinski definition) is 6. The fourth-order valence-electron chi connectivity index (χ4n) is 2.18. The highest BCUT2D eigenvalue weighted by molar-refractivity contribution is 5.75. The molecule has 1 aromatic rings. The summed E-state index contributed by atoms with van der Waals surface area (Å²) in [7, 11) is 1.75. The van der Waals surface area contributed by atoms with Crippen LogP contribution in [0.2, 0.25) is 0 Å². The Hall–Kier alpha value is -2.05. The van der Waals surface area contributed by atoms with Crippen LogP contribution in [0, 0.1) is 5.92 Å². The first-order valence-electron chi connectivity index (χ1n) is 5.89. The van der Waals surface area contributed by atoms with Gasteiger partial charge in [0.05, 0.1) is 5.92 Å². The van der Waals surface area contributed by atoms with E-state index in [1.54, 1.807) is 7.05 Å².